The molecular formula is C21H34N2O2. The molecule has 2 saturated heterocycles. The van der Waals surface area contributed by atoms with E-state index in [1.807, 2.05) is 0 Å². The summed E-state index contributed by atoms with van der Waals surface area (Å²) in [6.07, 6.45) is 6.32. The van der Waals surface area contributed by atoms with Gasteiger partial charge in [0.15, 0.2) is 0 Å². The topological polar surface area (TPSA) is 24.9 Å². The van der Waals surface area contributed by atoms with Gasteiger partial charge in [-0.2, -0.15) is 0 Å². The number of para-hydroxylation sites is 1. The Bertz CT molecular complexity index is 502. The number of likely N-dealkylation sites (tertiary alicyclic amines) is 1. The number of aryl methyl sites for hydroxylation is 1. The summed E-state index contributed by atoms with van der Waals surface area (Å²) < 4.78 is 11.6. The van der Waals surface area contributed by atoms with E-state index in [0.717, 1.165) is 58.2 Å². The maximum Gasteiger partial charge on any atom is 0.122 e. The highest BCUT2D eigenvalue weighted by molar-refractivity contribution is 5.33. The molecule has 4 heteroatoms. The molecule has 25 heavy (non-hydrogen) atoms. The molecule has 0 aromatic heterocycles. The first-order valence-electron chi connectivity index (χ1n) is 10.1. The third-order valence-corrected chi connectivity index (χ3v) is 5.57. The summed E-state index contributed by atoms with van der Waals surface area (Å²) in [5.41, 5.74) is 1.35. The molecule has 2 aliphatic rings. The highest BCUT2D eigenvalue weighted by Crippen LogP contribution is 2.21. The van der Waals surface area contributed by atoms with Crippen LogP contribution in [0.5, 0.6) is 5.75 Å². The predicted octanol–water partition coefficient (Wildman–Crippen LogP) is 3.20. The second kappa shape index (κ2) is 10.1. The number of ether oxygens (including phenoxy) is 2. The number of morpholine rings is 1. The van der Waals surface area contributed by atoms with E-state index in [-0.39, 0.29) is 0 Å². The average Bonchev–Trinajstić information content (AvgIpc) is 2.65. The van der Waals surface area contributed by atoms with Crippen molar-refractivity contribution in [1.29, 1.82) is 0 Å². The molecule has 0 bridgehead atoms. The van der Waals surface area contributed by atoms with Gasteiger partial charge in [-0.15, -0.1) is 0 Å². The van der Waals surface area contributed by atoms with Crippen molar-refractivity contribution in [3.63, 3.8) is 0 Å². The van der Waals surface area contributed by atoms with Gasteiger partial charge in [0, 0.05) is 25.7 Å². The third-order valence-electron chi connectivity index (χ3n) is 5.57. The Hall–Kier alpha value is -1.10. The molecule has 2 aliphatic heterocycles. The zero-order valence-corrected chi connectivity index (χ0v) is 15.8. The molecule has 1 unspecified atom stereocenters. The maximum absolute atomic E-state index is 6.16. The zero-order chi connectivity index (χ0) is 17.3. The lowest BCUT2D eigenvalue weighted by Crippen LogP contribution is -2.39. The van der Waals surface area contributed by atoms with E-state index < -0.39 is 0 Å². The summed E-state index contributed by atoms with van der Waals surface area (Å²) in [7, 11) is 0. The fourth-order valence-electron chi connectivity index (χ4n) is 3.93. The summed E-state index contributed by atoms with van der Waals surface area (Å²) in [5.74, 6) is 1.08. The van der Waals surface area contributed by atoms with Crippen molar-refractivity contribution in [1.82, 2.24) is 9.80 Å². The van der Waals surface area contributed by atoms with Crippen LogP contribution in [0.15, 0.2) is 24.3 Å². The predicted molar refractivity (Wildman–Crippen MR) is 102 cm³/mol. The van der Waals surface area contributed by atoms with Crippen LogP contribution in [0.25, 0.3) is 0 Å². The Balaban J connectivity index is 1.42. The normalized spacial score (nSPS) is 22.8. The molecule has 1 aromatic carbocycles. The molecule has 4 nitrogen and oxygen atoms in total. The van der Waals surface area contributed by atoms with Gasteiger partial charge in [-0.3, -0.25) is 9.80 Å². The fourth-order valence-corrected chi connectivity index (χ4v) is 3.93. The Labute approximate surface area is 153 Å². The van der Waals surface area contributed by atoms with Gasteiger partial charge < -0.3 is 9.47 Å². The molecule has 1 aromatic rings. The number of benzene rings is 1. The highest BCUT2D eigenvalue weighted by atomic mass is 16.5. The third kappa shape index (κ3) is 5.98. The molecule has 0 saturated carbocycles. The van der Waals surface area contributed by atoms with Gasteiger partial charge in [0.25, 0.3) is 0 Å². The van der Waals surface area contributed by atoms with Gasteiger partial charge in [0.05, 0.1) is 13.2 Å². The standard InChI is InChI=1S/C21H34N2O2/c1-19-7-4-5-12-23(19)15-18-25-21-10-3-2-8-20(21)9-6-11-22-13-16-24-17-14-22/h2-3,8,10,19H,4-7,9,11-18H2,1H3. The first-order valence-corrected chi connectivity index (χ1v) is 10.1. The van der Waals surface area contributed by atoms with Crippen molar-refractivity contribution in [2.75, 3.05) is 52.5 Å². The van der Waals surface area contributed by atoms with Gasteiger partial charge in [-0.25, -0.2) is 0 Å². The lowest BCUT2D eigenvalue weighted by molar-refractivity contribution is 0.0374. The molecule has 0 N–H and O–H groups in total. The van der Waals surface area contributed by atoms with Gasteiger partial charge in [0.1, 0.15) is 12.4 Å². The first kappa shape index (κ1) is 18.7. The van der Waals surface area contributed by atoms with Crippen LogP contribution in [-0.4, -0.2) is 68.4 Å². The Morgan fingerprint density at radius 2 is 1.92 bits per heavy atom. The van der Waals surface area contributed by atoms with Crippen molar-refractivity contribution in [3.05, 3.63) is 29.8 Å². The van der Waals surface area contributed by atoms with E-state index in [4.69, 9.17) is 9.47 Å². The lowest BCUT2D eigenvalue weighted by atomic mass is 10.0. The Morgan fingerprint density at radius 3 is 2.76 bits per heavy atom. The summed E-state index contributed by atoms with van der Waals surface area (Å²) in [6, 6.07) is 9.27. The van der Waals surface area contributed by atoms with Gasteiger partial charge in [0.2, 0.25) is 0 Å². The van der Waals surface area contributed by atoms with Crippen LogP contribution < -0.4 is 4.74 Å². The summed E-state index contributed by atoms with van der Waals surface area (Å²) in [6.45, 7) is 10.5. The summed E-state index contributed by atoms with van der Waals surface area (Å²) in [5, 5.41) is 0. The molecule has 0 amide bonds. The molecule has 2 heterocycles. The molecule has 3 rings (SSSR count). The zero-order valence-electron chi connectivity index (χ0n) is 15.8. The van der Waals surface area contributed by atoms with E-state index in [9.17, 15) is 0 Å². The lowest BCUT2D eigenvalue weighted by Gasteiger charge is -2.33. The molecule has 0 aliphatic carbocycles. The van der Waals surface area contributed by atoms with Crippen LogP contribution in [0, 0.1) is 0 Å². The smallest absolute Gasteiger partial charge is 0.122 e. The van der Waals surface area contributed by atoms with Crippen LogP contribution in [-0.2, 0) is 11.2 Å². The largest absolute Gasteiger partial charge is 0.492 e. The van der Waals surface area contributed by atoms with E-state index in [1.165, 1.54) is 37.8 Å². The SMILES string of the molecule is CC1CCCCN1CCOc1ccccc1CCCN1CCOCC1. The van der Waals surface area contributed by atoms with Crippen LogP contribution >= 0.6 is 0 Å². The van der Waals surface area contributed by atoms with E-state index >= 15 is 0 Å². The van der Waals surface area contributed by atoms with Crippen molar-refractivity contribution in [2.24, 2.45) is 0 Å². The van der Waals surface area contributed by atoms with Gasteiger partial charge >= 0.3 is 0 Å². The number of hydrogen-bond donors (Lipinski definition) is 0. The van der Waals surface area contributed by atoms with Crippen LogP contribution in [0.4, 0.5) is 0 Å². The van der Waals surface area contributed by atoms with Crippen LogP contribution in [0.3, 0.4) is 0 Å². The van der Waals surface area contributed by atoms with Crippen molar-refractivity contribution < 1.29 is 9.47 Å². The van der Waals surface area contributed by atoms with Crippen molar-refractivity contribution in [2.45, 2.75) is 45.1 Å². The van der Waals surface area contributed by atoms with Crippen LogP contribution in [0.2, 0.25) is 0 Å². The minimum Gasteiger partial charge on any atom is -0.492 e. The van der Waals surface area contributed by atoms with Crippen molar-refractivity contribution >= 4 is 0 Å². The Morgan fingerprint density at radius 1 is 1.08 bits per heavy atom. The maximum atomic E-state index is 6.16. The number of rotatable bonds is 8. The van der Waals surface area contributed by atoms with Crippen molar-refractivity contribution in [3.8, 4) is 5.75 Å². The quantitative estimate of drug-likeness (QED) is 0.722. The van der Waals surface area contributed by atoms with Gasteiger partial charge in [-0.05, 0) is 57.3 Å². The number of nitrogens with zero attached hydrogens (tertiary/aromatic N) is 2. The number of hydrogen-bond acceptors (Lipinski definition) is 4. The molecule has 2 fully saturated rings. The number of piperidine rings is 1. The molecule has 1 atom stereocenters. The second-order valence-electron chi connectivity index (χ2n) is 7.39. The molecule has 140 valence electrons. The summed E-state index contributed by atoms with van der Waals surface area (Å²) >= 11 is 0. The second-order valence-corrected chi connectivity index (χ2v) is 7.39. The van der Waals surface area contributed by atoms with E-state index in [1.54, 1.807) is 0 Å². The Kier molecular flexibility index (Phi) is 7.58. The first-order chi connectivity index (χ1) is 12.3. The fraction of sp³-hybridized carbons (Fsp3) is 0.714. The van der Waals surface area contributed by atoms with Crippen LogP contribution in [0.1, 0.15) is 38.2 Å². The van der Waals surface area contributed by atoms with Gasteiger partial charge in [-0.1, -0.05) is 24.6 Å². The molecule has 0 radical (unpaired) electrons. The minimum atomic E-state index is 0.709. The minimum absolute atomic E-state index is 0.709. The monoisotopic (exact) mass is 346 g/mol. The van der Waals surface area contributed by atoms with E-state index in [0.29, 0.717) is 6.04 Å². The highest BCUT2D eigenvalue weighted by Gasteiger charge is 2.17. The average molecular weight is 347 g/mol. The van der Waals surface area contributed by atoms with E-state index in [2.05, 4.69) is 41.0 Å². The molecule has 0 spiro atoms. The summed E-state index contributed by atoms with van der Waals surface area (Å²) in [4.78, 5) is 5.08. The molecular weight excluding hydrogens is 312 g/mol.